The Morgan fingerprint density at radius 2 is 1.90 bits per heavy atom. The van der Waals surface area contributed by atoms with E-state index in [2.05, 4.69) is 0 Å². The molecular weight excluding hydrogens is 266 g/mol. The lowest BCUT2D eigenvalue weighted by molar-refractivity contribution is -0.139. The summed E-state index contributed by atoms with van der Waals surface area (Å²) in [5.74, 6) is -0.885. The SMILES string of the molecule is CCOC(=O)/C(=C/C=C/N(C)Cc1ccccc1)C(C)=O. The summed E-state index contributed by atoms with van der Waals surface area (Å²) in [5, 5.41) is 0. The third-order valence-corrected chi connectivity index (χ3v) is 2.75. The number of carbonyl (C=O) groups is 2. The minimum Gasteiger partial charge on any atom is -0.462 e. The van der Waals surface area contributed by atoms with Crippen molar-refractivity contribution in [2.75, 3.05) is 13.7 Å². The second-order valence-electron chi connectivity index (χ2n) is 4.60. The molecule has 0 spiro atoms. The van der Waals surface area contributed by atoms with Gasteiger partial charge in [-0.2, -0.15) is 0 Å². The number of allylic oxidation sites excluding steroid dienone is 2. The molecule has 0 saturated carbocycles. The highest BCUT2D eigenvalue weighted by Crippen LogP contribution is 2.04. The number of nitrogens with zero attached hydrogens (tertiary/aromatic N) is 1. The third kappa shape index (κ3) is 6.08. The summed E-state index contributed by atoms with van der Waals surface area (Å²) >= 11 is 0. The standard InChI is InChI=1S/C17H21NO3/c1-4-21-17(20)16(14(2)19)11-8-12-18(3)13-15-9-6-5-7-10-15/h5-12H,4,13H2,1-3H3/b12-8+,16-11+. The first-order valence-electron chi connectivity index (χ1n) is 6.85. The molecule has 21 heavy (non-hydrogen) atoms. The van der Waals surface area contributed by atoms with Gasteiger partial charge in [0.25, 0.3) is 0 Å². The van der Waals surface area contributed by atoms with E-state index in [0.29, 0.717) is 0 Å². The molecule has 0 saturated heterocycles. The molecule has 0 bridgehead atoms. The number of ether oxygens (including phenoxy) is 1. The Morgan fingerprint density at radius 1 is 1.24 bits per heavy atom. The van der Waals surface area contributed by atoms with Crippen LogP contribution in [-0.4, -0.2) is 30.3 Å². The van der Waals surface area contributed by atoms with Gasteiger partial charge in [0.1, 0.15) is 5.57 Å². The molecule has 4 heteroatoms. The lowest BCUT2D eigenvalue weighted by Crippen LogP contribution is -2.13. The Hall–Kier alpha value is -2.36. The fourth-order valence-corrected chi connectivity index (χ4v) is 1.75. The molecule has 0 aliphatic heterocycles. The zero-order chi connectivity index (χ0) is 15.7. The highest BCUT2D eigenvalue weighted by Gasteiger charge is 2.13. The largest absolute Gasteiger partial charge is 0.462 e. The van der Waals surface area contributed by atoms with E-state index in [9.17, 15) is 9.59 Å². The predicted octanol–water partition coefficient (Wildman–Crippen LogP) is 2.71. The zero-order valence-corrected chi connectivity index (χ0v) is 12.7. The van der Waals surface area contributed by atoms with E-state index in [1.807, 2.05) is 48.5 Å². The maximum absolute atomic E-state index is 11.6. The van der Waals surface area contributed by atoms with Gasteiger partial charge in [-0.15, -0.1) is 0 Å². The number of ketones is 1. The summed E-state index contributed by atoms with van der Waals surface area (Å²) in [4.78, 5) is 25.0. The number of rotatable bonds is 7. The second kappa shape index (κ2) is 8.74. The van der Waals surface area contributed by atoms with Crippen LogP contribution in [0.2, 0.25) is 0 Å². The molecule has 1 aromatic rings. The number of hydrogen-bond donors (Lipinski definition) is 0. The zero-order valence-electron chi connectivity index (χ0n) is 12.7. The van der Waals surface area contributed by atoms with Gasteiger partial charge in [0.05, 0.1) is 6.61 Å². The van der Waals surface area contributed by atoms with Crippen molar-refractivity contribution < 1.29 is 14.3 Å². The average molecular weight is 287 g/mol. The Morgan fingerprint density at radius 3 is 2.48 bits per heavy atom. The van der Waals surface area contributed by atoms with Crippen LogP contribution in [0.15, 0.2) is 54.3 Å². The lowest BCUT2D eigenvalue weighted by Gasteiger charge is -2.13. The molecular formula is C17H21NO3. The molecule has 0 amide bonds. The van der Waals surface area contributed by atoms with Crippen molar-refractivity contribution in [1.82, 2.24) is 4.90 Å². The highest BCUT2D eigenvalue weighted by atomic mass is 16.5. The quantitative estimate of drug-likeness (QED) is 0.254. The molecule has 4 nitrogen and oxygen atoms in total. The number of benzene rings is 1. The number of carbonyl (C=O) groups excluding carboxylic acids is 2. The summed E-state index contributed by atoms with van der Waals surface area (Å²) in [6, 6.07) is 10.0. The molecule has 0 unspecified atom stereocenters. The second-order valence-corrected chi connectivity index (χ2v) is 4.60. The van der Waals surface area contributed by atoms with Crippen LogP contribution in [0.5, 0.6) is 0 Å². The summed E-state index contributed by atoms with van der Waals surface area (Å²) in [6.07, 6.45) is 4.98. The fraction of sp³-hybridized carbons (Fsp3) is 0.294. The highest BCUT2D eigenvalue weighted by molar-refractivity contribution is 6.16. The Labute approximate surface area is 125 Å². The smallest absolute Gasteiger partial charge is 0.341 e. The Kier molecular flexibility index (Phi) is 6.95. The first-order valence-corrected chi connectivity index (χ1v) is 6.85. The molecule has 0 aromatic heterocycles. The van der Waals surface area contributed by atoms with Crippen LogP contribution in [0.3, 0.4) is 0 Å². The van der Waals surface area contributed by atoms with E-state index >= 15 is 0 Å². The Bertz CT molecular complexity index is 532. The maximum Gasteiger partial charge on any atom is 0.341 e. The van der Waals surface area contributed by atoms with Gasteiger partial charge in [0, 0.05) is 13.6 Å². The van der Waals surface area contributed by atoms with Crippen LogP contribution in [0.1, 0.15) is 19.4 Å². The lowest BCUT2D eigenvalue weighted by atomic mass is 10.2. The van der Waals surface area contributed by atoms with Crippen LogP contribution in [0.25, 0.3) is 0 Å². The van der Waals surface area contributed by atoms with E-state index in [1.54, 1.807) is 13.0 Å². The molecule has 1 rings (SSSR count). The van der Waals surface area contributed by atoms with E-state index in [1.165, 1.54) is 18.6 Å². The van der Waals surface area contributed by atoms with E-state index < -0.39 is 5.97 Å². The predicted molar refractivity (Wildman–Crippen MR) is 82.4 cm³/mol. The molecule has 0 aliphatic rings. The normalized spacial score (nSPS) is 11.5. The van der Waals surface area contributed by atoms with Crippen molar-refractivity contribution >= 4 is 11.8 Å². The third-order valence-electron chi connectivity index (χ3n) is 2.75. The molecule has 0 N–H and O–H groups in total. The molecule has 112 valence electrons. The molecule has 0 aliphatic carbocycles. The van der Waals surface area contributed by atoms with Crippen molar-refractivity contribution in [2.24, 2.45) is 0 Å². The topological polar surface area (TPSA) is 46.6 Å². The first kappa shape index (κ1) is 16.7. The van der Waals surface area contributed by atoms with Gasteiger partial charge in [0.2, 0.25) is 0 Å². The summed E-state index contributed by atoms with van der Waals surface area (Å²) in [7, 11) is 1.93. The van der Waals surface area contributed by atoms with Gasteiger partial charge in [0.15, 0.2) is 5.78 Å². The number of esters is 1. The van der Waals surface area contributed by atoms with Crippen LogP contribution < -0.4 is 0 Å². The van der Waals surface area contributed by atoms with Crippen molar-refractivity contribution in [3.63, 3.8) is 0 Å². The van der Waals surface area contributed by atoms with Crippen LogP contribution in [-0.2, 0) is 20.9 Å². The maximum atomic E-state index is 11.6. The molecule has 0 heterocycles. The van der Waals surface area contributed by atoms with Crippen molar-refractivity contribution in [3.8, 4) is 0 Å². The molecule has 0 radical (unpaired) electrons. The van der Waals surface area contributed by atoms with Crippen LogP contribution in [0, 0.1) is 0 Å². The van der Waals surface area contributed by atoms with Gasteiger partial charge < -0.3 is 9.64 Å². The first-order chi connectivity index (χ1) is 10.0. The molecule has 0 atom stereocenters. The van der Waals surface area contributed by atoms with E-state index in [0.717, 1.165) is 6.54 Å². The fourth-order valence-electron chi connectivity index (χ4n) is 1.75. The monoisotopic (exact) mass is 287 g/mol. The minimum atomic E-state index is -0.583. The van der Waals surface area contributed by atoms with Crippen molar-refractivity contribution in [1.29, 1.82) is 0 Å². The molecule has 1 aromatic carbocycles. The average Bonchev–Trinajstić information content (AvgIpc) is 2.44. The summed E-state index contributed by atoms with van der Waals surface area (Å²) in [6.45, 7) is 4.06. The summed E-state index contributed by atoms with van der Waals surface area (Å²) in [5.41, 5.74) is 1.24. The van der Waals surface area contributed by atoms with E-state index in [4.69, 9.17) is 4.74 Å². The Balaban J connectivity index is 2.66. The molecule has 0 fully saturated rings. The van der Waals surface area contributed by atoms with Gasteiger partial charge in [-0.1, -0.05) is 30.3 Å². The van der Waals surface area contributed by atoms with Gasteiger partial charge in [-0.05, 0) is 37.8 Å². The van der Waals surface area contributed by atoms with E-state index in [-0.39, 0.29) is 18.0 Å². The minimum absolute atomic E-state index is 0.0567. The summed E-state index contributed by atoms with van der Waals surface area (Å²) < 4.78 is 4.84. The van der Waals surface area contributed by atoms with Crippen molar-refractivity contribution in [2.45, 2.75) is 20.4 Å². The van der Waals surface area contributed by atoms with Crippen LogP contribution in [0.4, 0.5) is 0 Å². The van der Waals surface area contributed by atoms with Crippen molar-refractivity contribution in [3.05, 3.63) is 59.8 Å². The van der Waals surface area contributed by atoms with Crippen LogP contribution >= 0.6 is 0 Å². The number of Topliss-reactive ketones (excluding diaryl/α,β-unsaturated/α-hetero) is 1. The number of hydrogen-bond acceptors (Lipinski definition) is 4. The van der Waals surface area contributed by atoms with Gasteiger partial charge in [-0.25, -0.2) is 4.79 Å². The van der Waals surface area contributed by atoms with Gasteiger partial charge >= 0.3 is 5.97 Å². The van der Waals surface area contributed by atoms with Gasteiger partial charge in [-0.3, -0.25) is 4.79 Å².